The second-order valence-corrected chi connectivity index (χ2v) is 6.31. The molecule has 0 radical (unpaired) electrons. The van der Waals surface area contributed by atoms with Gasteiger partial charge in [-0.3, -0.25) is 19.0 Å². The summed E-state index contributed by atoms with van der Waals surface area (Å²) in [7, 11) is 0. The fourth-order valence-electron chi connectivity index (χ4n) is 2.84. The molecule has 138 valence electrons. The summed E-state index contributed by atoms with van der Waals surface area (Å²) in [4.78, 5) is 40.1. The molecule has 0 unspecified atom stereocenters. The average molecular weight is 364 g/mol. The van der Waals surface area contributed by atoms with Crippen molar-refractivity contribution in [3.8, 4) is 0 Å². The standard InChI is InChI=1S/C20H20N4O3/c1-13-4-2-7-16-18(13)23-12-24(20(16)27)9-8-17(25)22-11-14-5-3-6-15(10-14)19(21)26/h2-7,10,12H,8-9,11H2,1H3,(H2,21,26)(H,22,25). The maximum absolute atomic E-state index is 12.5. The maximum Gasteiger partial charge on any atom is 0.261 e. The van der Waals surface area contributed by atoms with Crippen LogP contribution in [0.5, 0.6) is 0 Å². The van der Waals surface area contributed by atoms with Crippen molar-refractivity contribution >= 4 is 22.7 Å². The zero-order valence-electron chi connectivity index (χ0n) is 14.9. The van der Waals surface area contributed by atoms with Gasteiger partial charge in [0.2, 0.25) is 11.8 Å². The molecule has 1 heterocycles. The van der Waals surface area contributed by atoms with Gasteiger partial charge in [-0.15, -0.1) is 0 Å². The van der Waals surface area contributed by atoms with E-state index in [1.54, 1.807) is 30.3 Å². The number of hydrogen-bond acceptors (Lipinski definition) is 4. The van der Waals surface area contributed by atoms with Gasteiger partial charge in [0.05, 0.1) is 17.2 Å². The lowest BCUT2D eigenvalue weighted by molar-refractivity contribution is -0.121. The molecule has 7 heteroatoms. The van der Waals surface area contributed by atoms with Crippen LogP contribution in [0.25, 0.3) is 10.9 Å². The largest absolute Gasteiger partial charge is 0.366 e. The Hall–Kier alpha value is -3.48. The molecule has 0 aliphatic rings. The van der Waals surface area contributed by atoms with E-state index in [0.717, 1.165) is 11.1 Å². The number of fused-ring (bicyclic) bond motifs is 1. The lowest BCUT2D eigenvalue weighted by Crippen LogP contribution is -2.27. The van der Waals surface area contributed by atoms with Gasteiger partial charge in [-0.1, -0.05) is 24.3 Å². The summed E-state index contributed by atoms with van der Waals surface area (Å²) in [5, 5.41) is 3.32. The number of nitrogens with one attached hydrogen (secondary N) is 1. The van der Waals surface area contributed by atoms with Crippen molar-refractivity contribution in [2.24, 2.45) is 5.73 Å². The number of nitrogens with two attached hydrogens (primary N) is 1. The number of hydrogen-bond donors (Lipinski definition) is 2. The number of aryl methyl sites for hydroxylation is 2. The molecular weight excluding hydrogens is 344 g/mol. The molecule has 2 aromatic carbocycles. The van der Waals surface area contributed by atoms with E-state index in [0.29, 0.717) is 16.5 Å². The first kappa shape index (κ1) is 18.3. The summed E-state index contributed by atoms with van der Waals surface area (Å²) in [6.45, 7) is 2.42. The number of amides is 2. The highest BCUT2D eigenvalue weighted by atomic mass is 16.2. The lowest BCUT2D eigenvalue weighted by Gasteiger charge is -2.09. The number of para-hydroxylation sites is 1. The molecule has 1 aromatic heterocycles. The van der Waals surface area contributed by atoms with E-state index in [1.807, 2.05) is 19.1 Å². The molecule has 0 saturated heterocycles. The molecular formula is C20H20N4O3. The molecule has 0 fully saturated rings. The van der Waals surface area contributed by atoms with E-state index >= 15 is 0 Å². The Labute approximate surface area is 155 Å². The van der Waals surface area contributed by atoms with E-state index in [4.69, 9.17) is 5.73 Å². The number of carbonyl (C=O) groups is 2. The SMILES string of the molecule is Cc1cccc2c(=O)n(CCC(=O)NCc3cccc(C(N)=O)c3)cnc12. The number of rotatable bonds is 6. The van der Waals surface area contributed by atoms with Gasteiger partial charge in [0.15, 0.2) is 0 Å². The Bertz CT molecular complexity index is 1070. The minimum atomic E-state index is -0.512. The van der Waals surface area contributed by atoms with Crippen molar-refractivity contribution in [3.63, 3.8) is 0 Å². The fourth-order valence-corrected chi connectivity index (χ4v) is 2.84. The van der Waals surface area contributed by atoms with Gasteiger partial charge in [-0.25, -0.2) is 4.98 Å². The van der Waals surface area contributed by atoms with Crippen LogP contribution in [0.2, 0.25) is 0 Å². The third-order valence-corrected chi connectivity index (χ3v) is 4.34. The number of nitrogens with zero attached hydrogens (tertiary/aromatic N) is 2. The molecule has 0 aliphatic carbocycles. The second-order valence-electron chi connectivity index (χ2n) is 6.31. The molecule has 0 saturated carbocycles. The Morgan fingerprint density at radius 3 is 2.74 bits per heavy atom. The summed E-state index contributed by atoms with van der Waals surface area (Å²) in [5.74, 6) is -0.711. The summed E-state index contributed by atoms with van der Waals surface area (Å²) in [6.07, 6.45) is 1.62. The van der Waals surface area contributed by atoms with Crippen LogP contribution in [-0.4, -0.2) is 21.4 Å². The average Bonchev–Trinajstić information content (AvgIpc) is 2.66. The minimum absolute atomic E-state index is 0.147. The number of primary amides is 1. The van der Waals surface area contributed by atoms with E-state index in [-0.39, 0.29) is 31.0 Å². The van der Waals surface area contributed by atoms with Crippen LogP contribution in [0.3, 0.4) is 0 Å². The quantitative estimate of drug-likeness (QED) is 0.691. The van der Waals surface area contributed by atoms with Gasteiger partial charge >= 0.3 is 0 Å². The van der Waals surface area contributed by atoms with Crippen LogP contribution in [0, 0.1) is 6.92 Å². The van der Waals surface area contributed by atoms with Gasteiger partial charge < -0.3 is 11.1 Å². The third kappa shape index (κ3) is 4.20. The number of aromatic nitrogens is 2. The monoisotopic (exact) mass is 364 g/mol. The molecule has 0 bridgehead atoms. The molecule has 0 spiro atoms. The van der Waals surface area contributed by atoms with Crippen LogP contribution < -0.4 is 16.6 Å². The van der Waals surface area contributed by atoms with Crippen LogP contribution in [0.4, 0.5) is 0 Å². The van der Waals surface area contributed by atoms with Crippen LogP contribution >= 0.6 is 0 Å². The van der Waals surface area contributed by atoms with Crippen molar-refractivity contribution < 1.29 is 9.59 Å². The maximum atomic E-state index is 12.5. The normalized spacial score (nSPS) is 10.7. The Kier molecular flexibility index (Phi) is 5.30. The Morgan fingerprint density at radius 1 is 1.19 bits per heavy atom. The van der Waals surface area contributed by atoms with Crippen LogP contribution in [-0.2, 0) is 17.9 Å². The highest BCUT2D eigenvalue weighted by Gasteiger charge is 2.08. The molecule has 0 aliphatic heterocycles. The molecule has 27 heavy (non-hydrogen) atoms. The molecule has 2 amide bonds. The summed E-state index contributed by atoms with van der Waals surface area (Å²) < 4.78 is 1.44. The number of benzene rings is 2. The fraction of sp³-hybridized carbons (Fsp3) is 0.200. The molecule has 3 rings (SSSR count). The van der Waals surface area contributed by atoms with Gasteiger partial charge in [0, 0.05) is 25.1 Å². The number of carbonyl (C=O) groups excluding carboxylic acids is 2. The smallest absolute Gasteiger partial charge is 0.261 e. The first-order valence-corrected chi connectivity index (χ1v) is 8.56. The van der Waals surface area contributed by atoms with Crippen LogP contribution in [0.1, 0.15) is 27.9 Å². The first-order chi connectivity index (χ1) is 13.0. The highest BCUT2D eigenvalue weighted by molar-refractivity contribution is 5.92. The minimum Gasteiger partial charge on any atom is -0.366 e. The zero-order valence-corrected chi connectivity index (χ0v) is 14.9. The predicted molar refractivity (Wildman–Crippen MR) is 102 cm³/mol. The van der Waals surface area contributed by atoms with Crippen molar-refractivity contribution in [1.29, 1.82) is 0 Å². The van der Waals surface area contributed by atoms with E-state index < -0.39 is 5.91 Å². The van der Waals surface area contributed by atoms with Crippen molar-refractivity contribution in [2.45, 2.75) is 26.4 Å². The van der Waals surface area contributed by atoms with Crippen molar-refractivity contribution in [2.75, 3.05) is 0 Å². The van der Waals surface area contributed by atoms with Crippen molar-refractivity contribution in [3.05, 3.63) is 75.8 Å². The topological polar surface area (TPSA) is 107 Å². The molecule has 3 N–H and O–H groups in total. The third-order valence-electron chi connectivity index (χ3n) is 4.34. The molecule has 3 aromatic rings. The van der Waals surface area contributed by atoms with Gasteiger partial charge in [-0.05, 0) is 36.2 Å². The Morgan fingerprint density at radius 2 is 1.96 bits per heavy atom. The van der Waals surface area contributed by atoms with Gasteiger partial charge in [0.1, 0.15) is 0 Å². The first-order valence-electron chi connectivity index (χ1n) is 8.56. The van der Waals surface area contributed by atoms with Gasteiger partial charge in [-0.2, -0.15) is 0 Å². The van der Waals surface area contributed by atoms with Crippen molar-refractivity contribution in [1.82, 2.24) is 14.9 Å². The lowest BCUT2D eigenvalue weighted by atomic mass is 10.1. The van der Waals surface area contributed by atoms with E-state index in [2.05, 4.69) is 10.3 Å². The summed E-state index contributed by atoms with van der Waals surface area (Å²) in [5.41, 5.74) is 7.88. The zero-order chi connectivity index (χ0) is 19.4. The predicted octanol–water partition coefficient (Wildman–Crippen LogP) is 1.51. The summed E-state index contributed by atoms with van der Waals surface area (Å²) in [6, 6.07) is 12.2. The van der Waals surface area contributed by atoms with E-state index in [1.165, 1.54) is 10.9 Å². The molecule has 7 nitrogen and oxygen atoms in total. The van der Waals surface area contributed by atoms with E-state index in [9.17, 15) is 14.4 Å². The second kappa shape index (κ2) is 7.82. The van der Waals surface area contributed by atoms with Gasteiger partial charge in [0.25, 0.3) is 5.56 Å². The molecule has 0 atom stereocenters. The highest BCUT2D eigenvalue weighted by Crippen LogP contribution is 2.11. The van der Waals surface area contributed by atoms with Crippen LogP contribution in [0.15, 0.2) is 53.6 Å². The Balaban J connectivity index is 1.62. The summed E-state index contributed by atoms with van der Waals surface area (Å²) >= 11 is 0.